The van der Waals surface area contributed by atoms with E-state index in [0.29, 0.717) is 24.9 Å². The Morgan fingerprint density at radius 2 is 2.13 bits per heavy atom. The molecule has 0 bridgehead atoms. The number of methoxy groups -OCH3 is 1. The summed E-state index contributed by atoms with van der Waals surface area (Å²) in [6.45, 7) is 4.52. The van der Waals surface area contributed by atoms with Crippen molar-refractivity contribution in [1.29, 1.82) is 0 Å². The zero-order chi connectivity index (χ0) is 16.5. The van der Waals surface area contributed by atoms with Crippen molar-refractivity contribution in [3.63, 3.8) is 0 Å². The van der Waals surface area contributed by atoms with E-state index < -0.39 is 0 Å². The maximum absolute atomic E-state index is 11.4. The number of benzene rings is 1. The summed E-state index contributed by atoms with van der Waals surface area (Å²) >= 11 is 0. The number of ether oxygens (including phenoxy) is 1. The molecule has 128 valence electrons. The SMILES string of the molecule is COC(=O)CCC1CC(NCc2ccccc2)CN(CCN)C1. The quantitative estimate of drug-likeness (QED) is 0.709. The molecule has 0 radical (unpaired) electrons. The monoisotopic (exact) mass is 319 g/mol. The third kappa shape index (κ3) is 6.29. The number of rotatable bonds is 8. The van der Waals surface area contributed by atoms with Crippen molar-refractivity contribution in [2.45, 2.75) is 31.8 Å². The highest BCUT2D eigenvalue weighted by atomic mass is 16.5. The molecular formula is C18H29N3O2. The van der Waals surface area contributed by atoms with Crippen LogP contribution in [0.25, 0.3) is 0 Å². The predicted molar refractivity (Wildman–Crippen MR) is 91.9 cm³/mol. The van der Waals surface area contributed by atoms with Crippen LogP contribution in [0.5, 0.6) is 0 Å². The van der Waals surface area contributed by atoms with E-state index >= 15 is 0 Å². The summed E-state index contributed by atoms with van der Waals surface area (Å²) in [4.78, 5) is 13.8. The summed E-state index contributed by atoms with van der Waals surface area (Å²) in [5, 5.41) is 3.66. The van der Waals surface area contributed by atoms with E-state index in [2.05, 4.69) is 34.5 Å². The molecule has 1 fully saturated rings. The molecule has 0 aliphatic carbocycles. The van der Waals surface area contributed by atoms with Crippen LogP contribution in [-0.2, 0) is 16.1 Å². The summed E-state index contributed by atoms with van der Waals surface area (Å²) in [6, 6.07) is 10.9. The van der Waals surface area contributed by atoms with Gasteiger partial charge in [0, 0.05) is 45.2 Å². The van der Waals surface area contributed by atoms with Gasteiger partial charge in [-0.15, -0.1) is 0 Å². The lowest BCUT2D eigenvalue weighted by atomic mass is 9.90. The van der Waals surface area contributed by atoms with E-state index in [9.17, 15) is 4.79 Å². The molecule has 1 aromatic carbocycles. The highest BCUT2D eigenvalue weighted by Gasteiger charge is 2.26. The van der Waals surface area contributed by atoms with Gasteiger partial charge in [0.2, 0.25) is 0 Å². The molecule has 3 N–H and O–H groups in total. The minimum absolute atomic E-state index is 0.116. The Hall–Kier alpha value is -1.43. The van der Waals surface area contributed by atoms with Crippen molar-refractivity contribution < 1.29 is 9.53 Å². The Morgan fingerprint density at radius 1 is 1.35 bits per heavy atom. The number of piperidine rings is 1. The normalized spacial score (nSPS) is 22.0. The summed E-state index contributed by atoms with van der Waals surface area (Å²) < 4.78 is 4.76. The van der Waals surface area contributed by atoms with Gasteiger partial charge in [-0.1, -0.05) is 30.3 Å². The molecule has 0 aromatic heterocycles. The fraction of sp³-hybridized carbons (Fsp3) is 0.611. The van der Waals surface area contributed by atoms with Crippen LogP contribution in [-0.4, -0.2) is 50.2 Å². The summed E-state index contributed by atoms with van der Waals surface area (Å²) in [5.74, 6) is 0.400. The lowest BCUT2D eigenvalue weighted by Crippen LogP contribution is -2.50. The van der Waals surface area contributed by atoms with Gasteiger partial charge in [-0.25, -0.2) is 0 Å². The van der Waals surface area contributed by atoms with E-state index in [1.807, 2.05) is 6.07 Å². The van der Waals surface area contributed by atoms with E-state index in [1.54, 1.807) is 0 Å². The minimum atomic E-state index is -0.116. The third-order valence-electron chi connectivity index (χ3n) is 4.48. The highest BCUT2D eigenvalue weighted by Crippen LogP contribution is 2.22. The van der Waals surface area contributed by atoms with Gasteiger partial charge in [0.05, 0.1) is 7.11 Å². The molecule has 5 heteroatoms. The lowest BCUT2D eigenvalue weighted by molar-refractivity contribution is -0.141. The van der Waals surface area contributed by atoms with Crippen LogP contribution in [0.4, 0.5) is 0 Å². The first-order valence-corrected chi connectivity index (χ1v) is 8.47. The molecule has 23 heavy (non-hydrogen) atoms. The van der Waals surface area contributed by atoms with Crippen LogP contribution in [0.2, 0.25) is 0 Å². The number of hydrogen-bond acceptors (Lipinski definition) is 5. The topological polar surface area (TPSA) is 67.6 Å². The van der Waals surface area contributed by atoms with Crippen LogP contribution in [0, 0.1) is 5.92 Å². The maximum Gasteiger partial charge on any atom is 0.305 e. The van der Waals surface area contributed by atoms with Gasteiger partial charge in [0.25, 0.3) is 0 Å². The Balaban J connectivity index is 1.85. The van der Waals surface area contributed by atoms with Crippen LogP contribution in [0.3, 0.4) is 0 Å². The second kappa shape index (κ2) is 9.65. The first-order valence-electron chi connectivity index (χ1n) is 8.47. The first kappa shape index (κ1) is 17.9. The van der Waals surface area contributed by atoms with Crippen molar-refractivity contribution in [2.75, 3.05) is 33.3 Å². The molecule has 1 heterocycles. The smallest absolute Gasteiger partial charge is 0.305 e. The standard InChI is InChI=1S/C18H29N3O2/c1-23-18(22)8-7-16-11-17(14-21(13-16)10-9-19)20-12-15-5-3-2-4-6-15/h2-6,16-17,20H,7-14,19H2,1H3. The van der Waals surface area contributed by atoms with E-state index in [-0.39, 0.29) is 5.97 Å². The maximum atomic E-state index is 11.4. The number of nitrogens with zero attached hydrogens (tertiary/aromatic N) is 1. The van der Waals surface area contributed by atoms with Crippen LogP contribution < -0.4 is 11.1 Å². The average Bonchev–Trinajstić information content (AvgIpc) is 2.59. The molecule has 0 amide bonds. The molecule has 2 unspecified atom stereocenters. The van der Waals surface area contributed by atoms with Gasteiger partial charge in [0.15, 0.2) is 0 Å². The van der Waals surface area contributed by atoms with Gasteiger partial charge >= 0.3 is 5.97 Å². The molecule has 0 saturated carbocycles. The molecule has 1 aromatic rings. The van der Waals surface area contributed by atoms with E-state index in [4.69, 9.17) is 10.5 Å². The second-order valence-electron chi connectivity index (χ2n) is 6.33. The zero-order valence-corrected chi connectivity index (χ0v) is 14.0. The van der Waals surface area contributed by atoms with E-state index in [1.165, 1.54) is 12.7 Å². The number of esters is 1. The summed E-state index contributed by atoms with van der Waals surface area (Å²) in [7, 11) is 1.45. The fourth-order valence-corrected chi connectivity index (χ4v) is 3.31. The van der Waals surface area contributed by atoms with Gasteiger partial charge < -0.3 is 20.7 Å². The second-order valence-corrected chi connectivity index (χ2v) is 6.33. The molecule has 2 atom stereocenters. The first-order chi connectivity index (χ1) is 11.2. The number of hydrogen-bond donors (Lipinski definition) is 2. The third-order valence-corrected chi connectivity index (χ3v) is 4.48. The molecule has 0 spiro atoms. The molecule has 5 nitrogen and oxygen atoms in total. The minimum Gasteiger partial charge on any atom is -0.469 e. The fourth-order valence-electron chi connectivity index (χ4n) is 3.31. The Labute approximate surface area is 139 Å². The van der Waals surface area contributed by atoms with Gasteiger partial charge in [0.1, 0.15) is 0 Å². The number of nitrogens with one attached hydrogen (secondary N) is 1. The van der Waals surface area contributed by atoms with E-state index in [0.717, 1.165) is 39.0 Å². The molecular weight excluding hydrogens is 290 g/mol. The van der Waals surface area contributed by atoms with Crippen molar-refractivity contribution in [2.24, 2.45) is 11.7 Å². The van der Waals surface area contributed by atoms with Crippen LogP contribution >= 0.6 is 0 Å². The van der Waals surface area contributed by atoms with Crippen LogP contribution in [0.1, 0.15) is 24.8 Å². The van der Waals surface area contributed by atoms with Crippen LogP contribution in [0.15, 0.2) is 30.3 Å². The Kier molecular flexibility index (Phi) is 7.52. The number of carbonyl (C=O) groups excluding carboxylic acids is 1. The lowest BCUT2D eigenvalue weighted by Gasteiger charge is -2.38. The van der Waals surface area contributed by atoms with Gasteiger partial charge in [-0.2, -0.15) is 0 Å². The summed E-state index contributed by atoms with van der Waals surface area (Å²) in [6.07, 6.45) is 2.49. The number of likely N-dealkylation sites (tertiary alicyclic amines) is 1. The Morgan fingerprint density at radius 3 is 2.83 bits per heavy atom. The number of carbonyl (C=O) groups is 1. The van der Waals surface area contributed by atoms with Crippen molar-refractivity contribution in [3.05, 3.63) is 35.9 Å². The zero-order valence-electron chi connectivity index (χ0n) is 14.0. The van der Waals surface area contributed by atoms with Gasteiger partial charge in [-0.3, -0.25) is 4.79 Å². The summed E-state index contributed by atoms with van der Waals surface area (Å²) in [5.41, 5.74) is 7.02. The highest BCUT2D eigenvalue weighted by molar-refractivity contribution is 5.69. The molecule has 1 aliphatic heterocycles. The van der Waals surface area contributed by atoms with Crippen molar-refractivity contribution in [1.82, 2.24) is 10.2 Å². The molecule has 1 aliphatic rings. The van der Waals surface area contributed by atoms with Crippen molar-refractivity contribution >= 4 is 5.97 Å². The predicted octanol–water partition coefficient (Wildman–Crippen LogP) is 1.38. The van der Waals surface area contributed by atoms with Gasteiger partial charge in [-0.05, 0) is 24.3 Å². The Bertz CT molecular complexity index is 467. The molecule has 1 saturated heterocycles. The average molecular weight is 319 g/mol. The largest absolute Gasteiger partial charge is 0.469 e. The molecule has 2 rings (SSSR count). The van der Waals surface area contributed by atoms with Crippen molar-refractivity contribution in [3.8, 4) is 0 Å². The number of nitrogens with two attached hydrogens (primary N) is 1.